The second-order valence-electron chi connectivity index (χ2n) is 6.11. The van der Waals surface area contributed by atoms with Gasteiger partial charge in [-0.2, -0.15) is 40.2 Å². The maximum atomic E-state index is 13.5. The second-order valence-corrected chi connectivity index (χ2v) is 6.11. The second kappa shape index (κ2) is 7.02. The molecule has 14 heteroatoms. The topological polar surface area (TPSA) is 52.2 Å². The molecule has 0 aliphatic heterocycles. The van der Waals surface area contributed by atoms with Crippen LogP contribution in [0.5, 0.6) is 0 Å². The Morgan fingerprint density at radius 1 is 1.00 bits per heavy atom. The molecule has 0 fully saturated rings. The van der Waals surface area contributed by atoms with Crippen LogP contribution in [0, 0.1) is 0 Å². The first-order chi connectivity index (χ1) is 13.8. The number of halogens is 9. The van der Waals surface area contributed by atoms with Gasteiger partial charge in [0, 0.05) is 11.8 Å². The van der Waals surface area contributed by atoms with E-state index in [0.29, 0.717) is 16.8 Å². The number of rotatable bonds is 4. The summed E-state index contributed by atoms with van der Waals surface area (Å²) in [6.45, 7) is -3.25. The van der Waals surface area contributed by atoms with Crippen molar-refractivity contribution in [2.75, 3.05) is 0 Å². The molecule has 0 N–H and O–H groups in total. The zero-order valence-corrected chi connectivity index (χ0v) is 14.4. The lowest BCUT2D eigenvalue weighted by Gasteiger charge is -2.19. The number of alkyl halides is 9. The van der Waals surface area contributed by atoms with Gasteiger partial charge in [-0.3, -0.25) is 13.9 Å². The largest absolute Gasteiger partial charge is 0.455 e. The van der Waals surface area contributed by atoms with Crippen molar-refractivity contribution in [1.29, 1.82) is 0 Å². The van der Waals surface area contributed by atoms with Crippen LogP contribution in [0.1, 0.15) is 11.4 Å². The molecule has 0 atom stereocenters. The Kier molecular flexibility index (Phi) is 5.07. The fourth-order valence-corrected chi connectivity index (χ4v) is 2.69. The van der Waals surface area contributed by atoms with Crippen LogP contribution < -0.4 is 5.56 Å². The predicted octanol–water partition coefficient (Wildman–Crippen LogP) is 4.24. The monoisotopic (exact) mass is 444 g/mol. The van der Waals surface area contributed by atoms with Crippen LogP contribution >= 0.6 is 0 Å². The average molecular weight is 444 g/mol. The summed E-state index contributed by atoms with van der Waals surface area (Å²) in [7, 11) is 0. The number of aromatic nitrogens is 4. The summed E-state index contributed by atoms with van der Waals surface area (Å²) in [6, 6.07) is 3.31. The molecule has 5 nitrogen and oxygen atoms in total. The number of nitrogens with zero attached hydrogens (tertiary/aromatic N) is 4. The summed E-state index contributed by atoms with van der Waals surface area (Å²) in [5, 5.41) is 3.20. The van der Waals surface area contributed by atoms with Gasteiger partial charge in [0.2, 0.25) is 0 Å². The number of fused-ring (bicyclic) bond motifs is 1. The molecule has 0 aliphatic carbocycles. The number of hydrogen-bond donors (Lipinski definition) is 0. The Labute approximate surface area is 160 Å². The van der Waals surface area contributed by atoms with Crippen molar-refractivity contribution in [3.05, 3.63) is 52.3 Å². The molecule has 0 saturated carbocycles. The molecular formula is C16H9F9N4O. The van der Waals surface area contributed by atoms with Gasteiger partial charge in [-0.1, -0.05) is 6.07 Å². The lowest BCUT2D eigenvalue weighted by molar-refractivity contribution is -0.287. The molecule has 0 bridgehead atoms. The third-order valence-electron chi connectivity index (χ3n) is 4.03. The van der Waals surface area contributed by atoms with E-state index in [0.717, 1.165) is 12.1 Å². The van der Waals surface area contributed by atoms with Gasteiger partial charge in [0.1, 0.15) is 18.9 Å². The molecule has 162 valence electrons. The van der Waals surface area contributed by atoms with Gasteiger partial charge in [-0.05, 0) is 12.1 Å². The maximum Gasteiger partial charge on any atom is 0.455 e. The van der Waals surface area contributed by atoms with Gasteiger partial charge in [0.15, 0.2) is 5.69 Å². The molecule has 0 aliphatic rings. The van der Waals surface area contributed by atoms with E-state index in [9.17, 15) is 44.3 Å². The first-order valence-corrected chi connectivity index (χ1v) is 7.91. The molecule has 3 aromatic heterocycles. The van der Waals surface area contributed by atoms with Gasteiger partial charge in [0.25, 0.3) is 5.56 Å². The Morgan fingerprint density at radius 3 is 2.23 bits per heavy atom. The average Bonchev–Trinajstić information content (AvgIpc) is 3.06. The van der Waals surface area contributed by atoms with Crippen LogP contribution in [-0.4, -0.2) is 31.3 Å². The maximum absolute atomic E-state index is 13.5. The van der Waals surface area contributed by atoms with Crippen LogP contribution in [0.2, 0.25) is 0 Å². The summed E-state index contributed by atoms with van der Waals surface area (Å²) >= 11 is 0. The van der Waals surface area contributed by atoms with Gasteiger partial charge in [-0.25, -0.2) is 9.37 Å². The fourth-order valence-electron chi connectivity index (χ4n) is 2.69. The standard InChI is InChI=1S/C16H9F9N4O/c17-4-9-2-1-3-10-27-12(15(20,21)22)11(13(30)29(9)10)8-5-26-28(6-8)7-14(18,19)16(23,24)25/h1-3,5-6H,4,7H2. The minimum atomic E-state index is -5.92. The van der Waals surface area contributed by atoms with Crippen LogP contribution in [0.3, 0.4) is 0 Å². The van der Waals surface area contributed by atoms with E-state index in [1.807, 2.05) is 0 Å². The molecule has 0 radical (unpaired) electrons. The highest BCUT2D eigenvalue weighted by molar-refractivity contribution is 5.66. The fraction of sp³-hybridized carbons (Fsp3) is 0.312. The van der Waals surface area contributed by atoms with Gasteiger partial charge >= 0.3 is 18.3 Å². The molecule has 0 unspecified atom stereocenters. The smallest absolute Gasteiger partial charge is 0.268 e. The van der Waals surface area contributed by atoms with Crippen LogP contribution in [0.15, 0.2) is 35.4 Å². The van der Waals surface area contributed by atoms with E-state index in [4.69, 9.17) is 0 Å². The molecule has 30 heavy (non-hydrogen) atoms. The molecular weight excluding hydrogens is 435 g/mol. The highest BCUT2D eigenvalue weighted by Gasteiger charge is 2.57. The molecule has 0 amide bonds. The molecule has 0 aromatic carbocycles. The van der Waals surface area contributed by atoms with Crippen LogP contribution in [0.25, 0.3) is 16.8 Å². The molecule has 0 saturated heterocycles. The summed E-state index contributed by atoms with van der Waals surface area (Å²) in [5.74, 6) is -5.22. The summed E-state index contributed by atoms with van der Waals surface area (Å²) in [4.78, 5) is 16.0. The third kappa shape index (κ3) is 3.73. The molecule has 0 spiro atoms. The van der Waals surface area contributed by atoms with Crippen molar-refractivity contribution >= 4 is 5.65 Å². The van der Waals surface area contributed by atoms with Crippen molar-refractivity contribution in [2.24, 2.45) is 0 Å². The highest BCUT2D eigenvalue weighted by Crippen LogP contribution is 2.37. The normalized spacial score (nSPS) is 13.2. The minimum absolute atomic E-state index is 0.0539. The van der Waals surface area contributed by atoms with E-state index in [1.165, 1.54) is 6.07 Å². The summed E-state index contributed by atoms with van der Waals surface area (Å²) < 4.78 is 118. The van der Waals surface area contributed by atoms with Crippen molar-refractivity contribution in [1.82, 2.24) is 19.2 Å². The van der Waals surface area contributed by atoms with Crippen molar-refractivity contribution in [3.63, 3.8) is 0 Å². The number of hydrogen-bond acceptors (Lipinski definition) is 3. The van der Waals surface area contributed by atoms with Crippen LogP contribution in [0.4, 0.5) is 39.5 Å². The van der Waals surface area contributed by atoms with Crippen molar-refractivity contribution in [3.8, 4) is 11.1 Å². The molecule has 3 heterocycles. The van der Waals surface area contributed by atoms with Gasteiger partial charge in [0.05, 0.1) is 17.5 Å². The first kappa shape index (κ1) is 21.6. The lowest BCUT2D eigenvalue weighted by atomic mass is 10.1. The van der Waals surface area contributed by atoms with Gasteiger partial charge < -0.3 is 0 Å². The zero-order valence-electron chi connectivity index (χ0n) is 14.4. The molecule has 3 aromatic rings. The van der Waals surface area contributed by atoms with Crippen molar-refractivity contribution in [2.45, 2.75) is 31.5 Å². The SMILES string of the molecule is O=c1c(-c2cnn(CC(F)(F)C(F)(F)F)c2)c(C(F)(F)F)nc2cccc(CF)n12. The van der Waals surface area contributed by atoms with E-state index in [1.54, 1.807) is 0 Å². The highest BCUT2D eigenvalue weighted by atomic mass is 19.4. The van der Waals surface area contributed by atoms with E-state index < -0.39 is 59.5 Å². The summed E-state index contributed by atoms with van der Waals surface area (Å²) in [6.07, 6.45) is -10.2. The van der Waals surface area contributed by atoms with E-state index >= 15 is 0 Å². The van der Waals surface area contributed by atoms with E-state index in [2.05, 4.69) is 10.1 Å². The first-order valence-electron chi connectivity index (χ1n) is 7.91. The molecule has 3 rings (SSSR count). The summed E-state index contributed by atoms with van der Waals surface area (Å²) in [5.41, 5.74) is -5.84. The predicted molar refractivity (Wildman–Crippen MR) is 83.5 cm³/mol. The van der Waals surface area contributed by atoms with E-state index in [-0.39, 0.29) is 10.4 Å². The van der Waals surface area contributed by atoms with Gasteiger partial charge in [-0.15, -0.1) is 0 Å². The Bertz CT molecular complexity index is 1140. The van der Waals surface area contributed by atoms with Crippen molar-refractivity contribution < 1.29 is 39.5 Å². The Morgan fingerprint density at radius 2 is 1.67 bits per heavy atom. The lowest BCUT2D eigenvalue weighted by Crippen LogP contribution is -2.40. The minimum Gasteiger partial charge on any atom is -0.268 e. The Hall–Kier alpha value is -3.06. The zero-order chi connectivity index (χ0) is 22.5. The Balaban J connectivity index is 2.22. The third-order valence-corrected chi connectivity index (χ3v) is 4.03. The van der Waals surface area contributed by atoms with Crippen LogP contribution in [-0.2, 0) is 19.4 Å². The quantitative estimate of drug-likeness (QED) is 0.566. The number of pyridine rings is 1.